The van der Waals surface area contributed by atoms with Crippen molar-refractivity contribution < 1.29 is 22.8 Å². The van der Waals surface area contributed by atoms with E-state index in [0.717, 1.165) is 12.1 Å². The van der Waals surface area contributed by atoms with Crippen LogP contribution in [-0.2, 0) is 22.3 Å². The van der Waals surface area contributed by atoms with Gasteiger partial charge in [0, 0.05) is 31.6 Å². The van der Waals surface area contributed by atoms with E-state index in [1.165, 1.54) is 17.0 Å². The predicted molar refractivity (Wildman–Crippen MR) is 86.2 cm³/mol. The molecule has 8 heteroatoms. The van der Waals surface area contributed by atoms with Crippen LogP contribution in [0, 0.1) is 5.92 Å². The van der Waals surface area contributed by atoms with E-state index >= 15 is 0 Å². The third-order valence-corrected chi connectivity index (χ3v) is 4.18. The van der Waals surface area contributed by atoms with Crippen molar-refractivity contribution in [2.24, 2.45) is 11.7 Å². The van der Waals surface area contributed by atoms with Crippen LogP contribution in [0.15, 0.2) is 24.3 Å². The summed E-state index contributed by atoms with van der Waals surface area (Å²) in [6.45, 7) is 4.05. The minimum atomic E-state index is -4.43. The summed E-state index contributed by atoms with van der Waals surface area (Å²) in [6.07, 6.45) is -4.38. The average molecular weight is 357 g/mol. The molecule has 25 heavy (non-hydrogen) atoms. The van der Waals surface area contributed by atoms with Gasteiger partial charge in [-0.3, -0.25) is 9.59 Å². The number of nitrogens with one attached hydrogen (secondary N) is 1. The molecule has 0 radical (unpaired) electrons. The van der Waals surface area contributed by atoms with Crippen molar-refractivity contribution in [2.45, 2.75) is 38.5 Å². The summed E-state index contributed by atoms with van der Waals surface area (Å²) in [7, 11) is 0. The fourth-order valence-electron chi connectivity index (χ4n) is 2.65. The van der Waals surface area contributed by atoms with Crippen molar-refractivity contribution >= 4 is 11.8 Å². The van der Waals surface area contributed by atoms with E-state index in [9.17, 15) is 22.8 Å². The van der Waals surface area contributed by atoms with Gasteiger partial charge in [-0.2, -0.15) is 13.2 Å². The highest BCUT2D eigenvalue weighted by atomic mass is 19.4. The molecule has 0 saturated carbocycles. The zero-order valence-corrected chi connectivity index (χ0v) is 14.2. The molecule has 1 heterocycles. The van der Waals surface area contributed by atoms with Gasteiger partial charge in [0.15, 0.2) is 0 Å². The van der Waals surface area contributed by atoms with Crippen molar-refractivity contribution in [3.8, 4) is 0 Å². The maximum Gasteiger partial charge on any atom is 0.416 e. The van der Waals surface area contributed by atoms with Crippen LogP contribution in [0.3, 0.4) is 0 Å². The fourth-order valence-corrected chi connectivity index (χ4v) is 2.65. The van der Waals surface area contributed by atoms with Crippen LogP contribution in [0.5, 0.6) is 0 Å². The summed E-state index contributed by atoms with van der Waals surface area (Å²) in [6, 6.07) is 4.86. The monoisotopic (exact) mass is 357 g/mol. The van der Waals surface area contributed by atoms with E-state index in [4.69, 9.17) is 5.73 Å². The van der Waals surface area contributed by atoms with Crippen LogP contribution in [0.1, 0.15) is 31.4 Å². The average Bonchev–Trinajstić information content (AvgIpc) is 2.87. The molecule has 1 aromatic carbocycles. The van der Waals surface area contributed by atoms with Crippen LogP contribution < -0.4 is 11.1 Å². The second-order valence-electron chi connectivity index (χ2n) is 6.95. The van der Waals surface area contributed by atoms with Crippen molar-refractivity contribution in [1.82, 2.24) is 10.2 Å². The van der Waals surface area contributed by atoms with Gasteiger partial charge in [-0.15, -0.1) is 0 Å². The first-order valence-electron chi connectivity index (χ1n) is 7.98. The number of hydrogen-bond acceptors (Lipinski definition) is 3. The molecular weight excluding hydrogens is 335 g/mol. The van der Waals surface area contributed by atoms with E-state index in [1.807, 2.05) is 0 Å². The summed E-state index contributed by atoms with van der Waals surface area (Å²) < 4.78 is 38.3. The molecule has 1 atom stereocenters. The molecule has 5 nitrogen and oxygen atoms in total. The number of nitrogens with two attached hydrogens (primary N) is 1. The Morgan fingerprint density at radius 3 is 2.64 bits per heavy atom. The van der Waals surface area contributed by atoms with E-state index in [-0.39, 0.29) is 37.9 Å². The lowest BCUT2D eigenvalue weighted by atomic mass is 10.0. The Balaban J connectivity index is 2.03. The second-order valence-corrected chi connectivity index (χ2v) is 6.95. The first kappa shape index (κ1) is 19.2. The number of carbonyl (C=O) groups excluding carboxylic acids is 2. The molecule has 1 aromatic rings. The van der Waals surface area contributed by atoms with E-state index in [2.05, 4.69) is 5.32 Å². The predicted octanol–water partition coefficient (Wildman–Crippen LogP) is 1.91. The molecule has 1 aliphatic rings. The summed E-state index contributed by atoms with van der Waals surface area (Å²) >= 11 is 0. The molecule has 1 unspecified atom stereocenters. The number of carbonyl (C=O) groups is 2. The Bertz CT molecular complexity index is 659. The number of likely N-dealkylation sites (tertiary alicyclic amines) is 1. The van der Waals surface area contributed by atoms with Crippen LogP contribution in [0.2, 0.25) is 0 Å². The minimum absolute atomic E-state index is 0.0471. The zero-order chi connectivity index (χ0) is 18.8. The van der Waals surface area contributed by atoms with Gasteiger partial charge in [-0.25, -0.2) is 0 Å². The summed E-state index contributed by atoms with van der Waals surface area (Å²) in [5.41, 5.74) is 4.63. The molecule has 138 valence electrons. The maximum absolute atomic E-state index is 12.8. The van der Waals surface area contributed by atoms with Gasteiger partial charge in [-0.1, -0.05) is 12.1 Å². The van der Waals surface area contributed by atoms with Gasteiger partial charge < -0.3 is 16.0 Å². The topological polar surface area (TPSA) is 75.4 Å². The van der Waals surface area contributed by atoms with Gasteiger partial charge in [0.2, 0.25) is 11.8 Å². The number of benzene rings is 1. The van der Waals surface area contributed by atoms with Crippen LogP contribution in [0.25, 0.3) is 0 Å². The smallest absolute Gasteiger partial charge is 0.350 e. The molecule has 1 fully saturated rings. The highest BCUT2D eigenvalue weighted by Gasteiger charge is 2.36. The Hall–Kier alpha value is -2.09. The fraction of sp³-hybridized carbons (Fsp3) is 0.529. The second kappa shape index (κ2) is 7.03. The van der Waals surface area contributed by atoms with Crippen molar-refractivity contribution in [2.75, 3.05) is 13.1 Å². The molecule has 0 bridgehead atoms. The number of halogens is 3. The minimum Gasteiger partial charge on any atom is -0.350 e. The SMILES string of the molecule is CC(C)(CN)NC(=O)C1CC(=O)N(Cc2cccc(C(F)(F)F)c2)C1. The quantitative estimate of drug-likeness (QED) is 0.845. The van der Waals surface area contributed by atoms with E-state index in [0.29, 0.717) is 5.56 Å². The van der Waals surface area contributed by atoms with Crippen LogP contribution >= 0.6 is 0 Å². The van der Waals surface area contributed by atoms with Crippen LogP contribution in [-0.4, -0.2) is 35.3 Å². The van der Waals surface area contributed by atoms with Crippen LogP contribution in [0.4, 0.5) is 13.2 Å². The summed E-state index contributed by atoms with van der Waals surface area (Å²) in [5, 5.41) is 2.79. The van der Waals surface area contributed by atoms with Gasteiger partial charge in [0.1, 0.15) is 0 Å². The normalized spacial score (nSPS) is 18.6. The molecule has 3 N–H and O–H groups in total. The van der Waals surface area contributed by atoms with Crippen molar-refractivity contribution in [3.05, 3.63) is 35.4 Å². The number of alkyl halides is 3. The van der Waals surface area contributed by atoms with Gasteiger partial charge in [0.25, 0.3) is 0 Å². The first-order chi connectivity index (χ1) is 11.5. The summed E-state index contributed by atoms with van der Waals surface area (Å²) in [4.78, 5) is 25.8. The zero-order valence-electron chi connectivity index (χ0n) is 14.2. The lowest BCUT2D eigenvalue weighted by Crippen LogP contribution is -2.51. The standard InChI is InChI=1S/C17H22F3N3O2/c1-16(2,10-21)22-15(25)12-7-14(24)23(9-12)8-11-4-3-5-13(6-11)17(18,19)20/h3-6,12H,7-10,21H2,1-2H3,(H,22,25). The Kier molecular flexibility index (Phi) is 5.41. The lowest BCUT2D eigenvalue weighted by Gasteiger charge is -2.26. The third-order valence-electron chi connectivity index (χ3n) is 4.18. The Morgan fingerprint density at radius 1 is 1.36 bits per heavy atom. The van der Waals surface area contributed by atoms with Crippen molar-refractivity contribution in [3.63, 3.8) is 0 Å². The largest absolute Gasteiger partial charge is 0.416 e. The Labute approximate surface area is 144 Å². The number of rotatable bonds is 5. The molecular formula is C17H22F3N3O2. The van der Waals surface area contributed by atoms with Gasteiger partial charge in [-0.05, 0) is 31.5 Å². The third kappa shape index (κ3) is 4.94. The summed E-state index contributed by atoms with van der Waals surface area (Å²) in [5.74, 6) is -1.04. The highest BCUT2D eigenvalue weighted by molar-refractivity contribution is 5.89. The molecule has 0 aliphatic carbocycles. The highest BCUT2D eigenvalue weighted by Crippen LogP contribution is 2.30. The molecule has 0 spiro atoms. The molecule has 0 aromatic heterocycles. The number of hydrogen-bond donors (Lipinski definition) is 2. The maximum atomic E-state index is 12.8. The molecule has 2 amide bonds. The lowest BCUT2D eigenvalue weighted by molar-refractivity contribution is -0.137. The molecule has 2 rings (SSSR count). The van der Waals surface area contributed by atoms with Gasteiger partial charge in [0.05, 0.1) is 11.5 Å². The number of nitrogens with zero attached hydrogens (tertiary/aromatic N) is 1. The van der Waals surface area contributed by atoms with E-state index in [1.54, 1.807) is 13.8 Å². The molecule has 1 aliphatic heterocycles. The number of amides is 2. The van der Waals surface area contributed by atoms with E-state index < -0.39 is 23.2 Å². The first-order valence-corrected chi connectivity index (χ1v) is 7.98. The van der Waals surface area contributed by atoms with Gasteiger partial charge >= 0.3 is 6.18 Å². The van der Waals surface area contributed by atoms with Crippen molar-refractivity contribution in [1.29, 1.82) is 0 Å². The Morgan fingerprint density at radius 2 is 2.04 bits per heavy atom. The molecule has 1 saturated heterocycles.